The third-order valence-corrected chi connectivity index (χ3v) is 4.38. The number of nitrogens with one attached hydrogen (secondary N) is 1. The molecule has 0 saturated heterocycles. The first-order valence-electron chi connectivity index (χ1n) is 8.18. The lowest BCUT2D eigenvalue weighted by atomic mass is 10.1. The number of rotatable bonds is 5. The average Bonchev–Trinajstić information content (AvgIpc) is 3.06. The minimum absolute atomic E-state index is 0.165. The van der Waals surface area contributed by atoms with Crippen LogP contribution < -0.4 is 10.9 Å². The second kappa shape index (κ2) is 7.29. The van der Waals surface area contributed by atoms with Gasteiger partial charge in [-0.3, -0.25) is 14.4 Å². The zero-order valence-corrected chi connectivity index (χ0v) is 13.6. The molecular formula is C18H19N3O4. The summed E-state index contributed by atoms with van der Waals surface area (Å²) < 4.78 is 1.13. The van der Waals surface area contributed by atoms with Gasteiger partial charge in [0, 0.05) is 17.7 Å². The predicted molar refractivity (Wildman–Crippen MR) is 90.8 cm³/mol. The SMILES string of the molecule is O=C(Cn1nc(-c2ccccc2)ccc1=O)NC1CCC(C(=O)O)C1. The number of hydrogen-bond acceptors (Lipinski definition) is 4. The predicted octanol–water partition coefficient (Wildman–Crippen LogP) is 1.28. The van der Waals surface area contributed by atoms with Crippen LogP contribution in [0.5, 0.6) is 0 Å². The van der Waals surface area contributed by atoms with E-state index in [2.05, 4.69) is 10.4 Å². The highest BCUT2D eigenvalue weighted by Gasteiger charge is 2.30. The smallest absolute Gasteiger partial charge is 0.306 e. The van der Waals surface area contributed by atoms with Crippen molar-refractivity contribution in [2.75, 3.05) is 0 Å². The molecule has 1 amide bonds. The maximum absolute atomic E-state index is 12.2. The van der Waals surface area contributed by atoms with E-state index in [-0.39, 0.29) is 24.1 Å². The molecule has 1 heterocycles. The van der Waals surface area contributed by atoms with Gasteiger partial charge in [0.1, 0.15) is 6.54 Å². The summed E-state index contributed by atoms with van der Waals surface area (Å²) in [4.78, 5) is 35.1. The maximum Gasteiger partial charge on any atom is 0.306 e. The number of hydrogen-bond donors (Lipinski definition) is 2. The molecule has 2 unspecified atom stereocenters. The van der Waals surface area contributed by atoms with Crippen LogP contribution in [-0.4, -0.2) is 32.8 Å². The standard InChI is InChI=1S/C18H19N3O4/c22-16(19-14-7-6-13(10-14)18(24)25)11-21-17(23)9-8-15(20-21)12-4-2-1-3-5-12/h1-5,8-9,13-14H,6-7,10-11H2,(H,19,22)(H,24,25). The lowest BCUT2D eigenvalue weighted by Crippen LogP contribution is -2.38. The van der Waals surface area contributed by atoms with Crippen LogP contribution in [0, 0.1) is 5.92 Å². The summed E-state index contributed by atoms with van der Waals surface area (Å²) in [7, 11) is 0. The molecule has 25 heavy (non-hydrogen) atoms. The second-order valence-corrected chi connectivity index (χ2v) is 6.19. The first-order chi connectivity index (χ1) is 12.0. The molecule has 130 valence electrons. The summed E-state index contributed by atoms with van der Waals surface area (Å²) >= 11 is 0. The van der Waals surface area contributed by atoms with Gasteiger partial charge in [-0.2, -0.15) is 5.10 Å². The van der Waals surface area contributed by atoms with Crippen molar-refractivity contribution in [3.05, 3.63) is 52.8 Å². The number of aliphatic carboxylic acids is 1. The van der Waals surface area contributed by atoms with Gasteiger partial charge in [0.05, 0.1) is 11.6 Å². The first-order valence-corrected chi connectivity index (χ1v) is 8.18. The zero-order valence-electron chi connectivity index (χ0n) is 13.6. The van der Waals surface area contributed by atoms with Gasteiger partial charge < -0.3 is 10.4 Å². The molecule has 0 bridgehead atoms. The van der Waals surface area contributed by atoms with Gasteiger partial charge in [0.15, 0.2) is 0 Å². The lowest BCUT2D eigenvalue weighted by Gasteiger charge is -2.13. The second-order valence-electron chi connectivity index (χ2n) is 6.19. The van der Waals surface area contributed by atoms with Crippen molar-refractivity contribution in [3.63, 3.8) is 0 Å². The van der Waals surface area contributed by atoms with E-state index in [1.807, 2.05) is 30.3 Å². The summed E-state index contributed by atoms with van der Waals surface area (Å²) in [6.45, 7) is -0.187. The number of nitrogens with zero attached hydrogens (tertiary/aromatic N) is 2. The fourth-order valence-electron chi connectivity index (χ4n) is 3.07. The number of carbonyl (C=O) groups excluding carboxylic acids is 1. The van der Waals surface area contributed by atoms with Crippen molar-refractivity contribution < 1.29 is 14.7 Å². The van der Waals surface area contributed by atoms with Crippen LogP contribution in [0.15, 0.2) is 47.3 Å². The van der Waals surface area contributed by atoms with E-state index in [0.29, 0.717) is 25.0 Å². The molecule has 3 rings (SSSR count). The minimum Gasteiger partial charge on any atom is -0.481 e. The zero-order chi connectivity index (χ0) is 17.8. The van der Waals surface area contributed by atoms with Crippen LogP contribution in [0.1, 0.15) is 19.3 Å². The Morgan fingerprint density at radius 2 is 1.92 bits per heavy atom. The maximum atomic E-state index is 12.2. The Kier molecular flexibility index (Phi) is 4.92. The lowest BCUT2D eigenvalue weighted by molar-refractivity contribution is -0.141. The molecule has 7 nitrogen and oxygen atoms in total. The van der Waals surface area contributed by atoms with Crippen LogP contribution in [0.25, 0.3) is 11.3 Å². The minimum atomic E-state index is -0.829. The summed E-state index contributed by atoms with van der Waals surface area (Å²) in [6, 6.07) is 12.2. The molecule has 0 radical (unpaired) electrons. The summed E-state index contributed by atoms with van der Waals surface area (Å²) in [5.41, 5.74) is 1.11. The summed E-state index contributed by atoms with van der Waals surface area (Å²) in [5, 5.41) is 16.1. The highest BCUT2D eigenvalue weighted by Crippen LogP contribution is 2.25. The Labute approximate surface area is 144 Å². The van der Waals surface area contributed by atoms with E-state index in [1.165, 1.54) is 6.07 Å². The normalized spacial score (nSPS) is 19.5. The third kappa shape index (κ3) is 4.12. The van der Waals surface area contributed by atoms with Crippen molar-refractivity contribution in [2.45, 2.75) is 31.8 Å². The Morgan fingerprint density at radius 1 is 1.16 bits per heavy atom. The van der Waals surface area contributed by atoms with E-state index in [4.69, 9.17) is 5.11 Å². The van der Waals surface area contributed by atoms with Gasteiger partial charge in [-0.1, -0.05) is 30.3 Å². The van der Waals surface area contributed by atoms with Crippen LogP contribution in [0.3, 0.4) is 0 Å². The molecule has 1 fully saturated rings. The van der Waals surface area contributed by atoms with Gasteiger partial charge in [-0.05, 0) is 25.3 Å². The Bertz CT molecular complexity index is 832. The largest absolute Gasteiger partial charge is 0.481 e. The molecule has 1 aliphatic carbocycles. The summed E-state index contributed by atoms with van der Waals surface area (Å²) in [5.74, 6) is -1.58. The molecule has 1 aromatic carbocycles. The van der Waals surface area contributed by atoms with Crippen molar-refractivity contribution in [1.29, 1.82) is 0 Å². The van der Waals surface area contributed by atoms with Gasteiger partial charge in [0.2, 0.25) is 5.91 Å². The Hall–Kier alpha value is -2.96. The number of carboxylic acid groups (broad SMARTS) is 1. The number of carboxylic acids is 1. The number of benzene rings is 1. The molecule has 1 saturated carbocycles. The highest BCUT2D eigenvalue weighted by molar-refractivity contribution is 5.76. The van der Waals surface area contributed by atoms with Crippen molar-refractivity contribution >= 4 is 11.9 Å². The van der Waals surface area contributed by atoms with Crippen LogP contribution in [0.4, 0.5) is 0 Å². The van der Waals surface area contributed by atoms with Gasteiger partial charge in [-0.15, -0.1) is 0 Å². The van der Waals surface area contributed by atoms with Gasteiger partial charge in [-0.25, -0.2) is 4.68 Å². The number of amides is 1. The fraction of sp³-hybridized carbons (Fsp3) is 0.333. The average molecular weight is 341 g/mol. The molecule has 2 aromatic rings. The monoisotopic (exact) mass is 341 g/mol. The molecule has 7 heteroatoms. The van der Waals surface area contributed by atoms with Gasteiger partial charge >= 0.3 is 5.97 Å². The van der Waals surface area contributed by atoms with E-state index in [1.54, 1.807) is 6.07 Å². The van der Waals surface area contributed by atoms with E-state index in [0.717, 1.165) is 10.2 Å². The fourth-order valence-corrected chi connectivity index (χ4v) is 3.07. The molecule has 2 N–H and O–H groups in total. The van der Waals surface area contributed by atoms with Gasteiger partial charge in [0.25, 0.3) is 5.56 Å². The Balaban J connectivity index is 1.67. The van der Waals surface area contributed by atoms with E-state index >= 15 is 0 Å². The quantitative estimate of drug-likeness (QED) is 0.853. The Morgan fingerprint density at radius 3 is 2.60 bits per heavy atom. The van der Waals surface area contributed by atoms with E-state index in [9.17, 15) is 14.4 Å². The topological polar surface area (TPSA) is 101 Å². The molecule has 0 spiro atoms. The van der Waals surface area contributed by atoms with Crippen LogP contribution >= 0.6 is 0 Å². The third-order valence-electron chi connectivity index (χ3n) is 4.38. The summed E-state index contributed by atoms with van der Waals surface area (Å²) in [6.07, 6.45) is 1.62. The van der Waals surface area contributed by atoms with Crippen LogP contribution in [-0.2, 0) is 16.1 Å². The van der Waals surface area contributed by atoms with Crippen LogP contribution in [0.2, 0.25) is 0 Å². The van der Waals surface area contributed by atoms with Crippen molar-refractivity contribution in [3.8, 4) is 11.3 Å². The van der Waals surface area contributed by atoms with Crippen molar-refractivity contribution in [2.24, 2.45) is 5.92 Å². The molecular weight excluding hydrogens is 322 g/mol. The first kappa shape index (κ1) is 16.9. The molecule has 1 aliphatic rings. The van der Waals surface area contributed by atoms with Crippen molar-refractivity contribution in [1.82, 2.24) is 15.1 Å². The van der Waals surface area contributed by atoms with E-state index < -0.39 is 11.9 Å². The number of aromatic nitrogens is 2. The molecule has 1 aromatic heterocycles. The molecule has 0 aliphatic heterocycles. The molecule has 2 atom stereocenters. The highest BCUT2D eigenvalue weighted by atomic mass is 16.4. The number of carbonyl (C=O) groups is 2.